The predicted molar refractivity (Wildman–Crippen MR) is 194 cm³/mol. The lowest BCUT2D eigenvalue weighted by molar-refractivity contribution is -0.122. The van der Waals surface area contributed by atoms with Gasteiger partial charge in [-0.2, -0.15) is 0 Å². The van der Waals surface area contributed by atoms with Crippen LogP contribution in [0.25, 0.3) is 32.9 Å². The molecule has 242 valence electrons. The van der Waals surface area contributed by atoms with Crippen LogP contribution in [0.3, 0.4) is 0 Å². The lowest BCUT2D eigenvalue weighted by atomic mass is 9.88. The van der Waals surface area contributed by atoms with E-state index in [4.69, 9.17) is 0 Å². The van der Waals surface area contributed by atoms with E-state index in [2.05, 4.69) is 44.9 Å². The molecule has 1 unspecified atom stereocenters. The summed E-state index contributed by atoms with van der Waals surface area (Å²) in [5.41, 5.74) is 6.73. The second-order valence-corrected chi connectivity index (χ2v) is 12.2. The van der Waals surface area contributed by atoms with Crippen molar-refractivity contribution in [3.63, 3.8) is 0 Å². The van der Waals surface area contributed by atoms with E-state index in [0.29, 0.717) is 30.5 Å². The fraction of sp³-hybridized carbons (Fsp3) is 0.119. The van der Waals surface area contributed by atoms with Gasteiger partial charge in [0.1, 0.15) is 17.3 Å². The number of fused-ring (bicyclic) bond motifs is 2. The van der Waals surface area contributed by atoms with Gasteiger partial charge in [-0.3, -0.25) is 14.6 Å². The molecule has 7 rings (SSSR count). The van der Waals surface area contributed by atoms with Crippen molar-refractivity contribution in [1.29, 1.82) is 0 Å². The monoisotopic (exact) mass is 644 g/mol. The maximum Gasteiger partial charge on any atom is 0.251 e. The molecule has 4 N–H and O–H groups in total. The molecule has 7 heteroatoms. The van der Waals surface area contributed by atoms with Crippen molar-refractivity contribution >= 4 is 33.6 Å². The minimum absolute atomic E-state index is 0.0696. The molecule has 0 spiro atoms. The quantitative estimate of drug-likeness (QED) is 0.115. The summed E-state index contributed by atoms with van der Waals surface area (Å²) in [6.45, 7) is 0.434. The summed E-state index contributed by atoms with van der Waals surface area (Å²) in [6, 6.07) is 42.2. The molecule has 2 heterocycles. The molecule has 0 aliphatic carbocycles. The van der Waals surface area contributed by atoms with Gasteiger partial charge in [-0.05, 0) is 70.6 Å². The SMILES string of the molecule is O=C(NC(Cc1c[nH]c2ccccc12)C(=O)NCCC(c1ccccc1)c1ccccc1)c1cccc(-c2cc(O)c3ncccc3c2)c1. The van der Waals surface area contributed by atoms with Crippen molar-refractivity contribution in [1.82, 2.24) is 20.6 Å². The minimum Gasteiger partial charge on any atom is -0.506 e. The number of benzene rings is 5. The first-order valence-corrected chi connectivity index (χ1v) is 16.4. The first-order chi connectivity index (χ1) is 24.0. The maximum atomic E-state index is 13.9. The fourth-order valence-corrected chi connectivity index (χ4v) is 6.51. The Morgan fingerprint density at radius 3 is 2.27 bits per heavy atom. The molecule has 7 nitrogen and oxygen atoms in total. The highest BCUT2D eigenvalue weighted by atomic mass is 16.3. The molecule has 0 saturated carbocycles. The Balaban J connectivity index is 1.12. The van der Waals surface area contributed by atoms with Gasteiger partial charge in [-0.15, -0.1) is 0 Å². The minimum atomic E-state index is -0.821. The predicted octanol–water partition coefficient (Wildman–Crippen LogP) is 7.77. The maximum absolute atomic E-state index is 13.9. The average molecular weight is 645 g/mol. The molecule has 1 atom stereocenters. The zero-order valence-corrected chi connectivity index (χ0v) is 26.8. The summed E-state index contributed by atoms with van der Waals surface area (Å²) in [5.74, 6) is -0.431. The van der Waals surface area contributed by atoms with Gasteiger partial charge in [0, 0.05) is 53.1 Å². The normalized spacial score (nSPS) is 11.9. The topological polar surface area (TPSA) is 107 Å². The number of carbonyl (C=O) groups excluding carboxylic acids is 2. The van der Waals surface area contributed by atoms with E-state index in [1.807, 2.05) is 91.1 Å². The number of amides is 2. The Morgan fingerprint density at radius 2 is 1.49 bits per heavy atom. The van der Waals surface area contributed by atoms with Crippen LogP contribution in [0.4, 0.5) is 0 Å². The van der Waals surface area contributed by atoms with Crippen LogP contribution in [-0.2, 0) is 11.2 Å². The van der Waals surface area contributed by atoms with Crippen molar-refractivity contribution in [2.45, 2.75) is 24.8 Å². The Labute approximate surface area is 284 Å². The van der Waals surface area contributed by atoms with Crippen molar-refractivity contribution in [2.24, 2.45) is 0 Å². The highest BCUT2D eigenvalue weighted by molar-refractivity contribution is 5.99. The van der Waals surface area contributed by atoms with Crippen molar-refractivity contribution in [3.05, 3.63) is 168 Å². The molecule has 0 bridgehead atoms. The number of phenols is 1. The number of carbonyl (C=O) groups is 2. The van der Waals surface area contributed by atoms with Gasteiger partial charge in [-0.25, -0.2) is 0 Å². The number of hydrogen-bond acceptors (Lipinski definition) is 4. The van der Waals surface area contributed by atoms with Gasteiger partial charge in [0.05, 0.1) is 0 Å². The van der Waals surface area contributed by atoms with E-state index >= 15 is 0 Å². The molecule has 0 fully saturated rings. The number of aromatic nitrogens is 2. The molecular weight excluding hydrogens is 608 g/mol. The van der Waals surface area contributed by atoms with E-state index in [1.165, 1.54) is 11.1 Å². The van der Waals surface area contributed by atoms with Gasteiger partial charge in [-0.1, -0.05) is 97.1 Å². The van der Waals surface area contributed by atoms with Crippen LogP contribution in [-0.4, -0.2) is 39.5 Å². The van der Waals surface area contributed by atoms with E-state index < -0.39 is 6.04 Å². The summed E-state index contributed by atoms with van der Waals surface area (Å²) < 4.78 is 0. The van der Waals surface area contributed by atoms with E-state index in [1.54, 1.807) is 30.5 Å². The van der Waals surface area contributed by atoms with Crippen LogP contribution >= 0.6 is 0 Å². The largest absolute Gasteiger partial charge is 0.506 e. The lowest BCUT2D eigenvalue weighted by Crippen LogP contribution is -2.48. The van der Waals surface area contributed by atoms with E-state index in [-0.39, 0.29) is 23.5 Å². The van der Waals surface area contributed by atoms with Crippen LogP contribution < -0.4 is 10.6 Å². The van der Waals surface area contributed by atoms with Crippen LogP contribution in [0.1, 0.15) is 39.4 Å². The van der Waals surface area contributed by atoms with Crippen LogP contribution in [0, 0.1) is 0 Å². The molecule has 49 heavy (non-hydrogen) atoms. The summed E-state index contributed by atoms with van der Waals surface area (Å²) >= 11 is 0. The molecule has 0 saturated heterocycles. The number of nitrogens with one attached hydrogen (secondary N) is 3. The van der Waals surface area contributed by atoms with Crippen molar-refractivity contribution < 1.29 is 14.7 Å². The molecule has 2 amide bonds. The van der Waals surface area contributed by atoms with Crippen LogP contribution in [0.15, 0.2) is 146 Å². The molecule has 0 radical (unpaired) electrons. The molecule has 2 aromatic heterocycles. The number of aromatic amines is 1. The number of aromatic hydroxyl groups is 1. The number of hydrogen-bond donors (Lipinski definition) is 4. The van der Waals surface area contributed by atoms with Gasteiger partial charge in [0.15, 0.2) is 0 Å². The summed E-state index contributed by atoms with van der Waals surface area (Å²) in [6.07, 6.45) is 4.55. The summed E-state index contributed by atoms with van der Waals surface area (Å²) in [4.78, 5) is 35.3. The number of H-pyrrole nitrogens is 1. The molecule has 7 aromatic rings. The third kappa shape index (κ3) is 7.06. The fourth-order valence-electron chi connectivity index (χ4n) is 6.51. The molecule has 0 aliphatic rings. The van der Waals surface area contributed by atoms with Crippen molar-refractivity contribution in [3.8, 4) is 16.9 Å². The highest BCUT2D eigenvalue weighted by Crippen LogP contribution is 2.31. The Morgan fingerprint density at radius 1 is 0.755 bits per heavy atom. The van der Waals surface area contributed by atoms with Gasteiger partial charge in [0.25, 0.3) is 5.91 Å². The smallest absolute Gasteiger partial charge is 0.251 e. The van der Waals surface area contributed by atoms with Crippen molar-refractivity contribution in [2.75, 3.05) is 6.54 Å². The molecule has 0 aliphatic heterocycles. The second kappa shape index (κ2) is 14.3. The number of pyridine rings is 1. The van der Waals surface area contributed by atoms with E-state index in [9.17, 15) is 14.7 Å². The Bertz CT molecular complexity index is 2190. The molecular formula is C42H36N4O3. The Kier molecular flexibility index (Phi) is 9.15. The van der Waals surface area contributed by atoms with Crippen LogP contribution in [0.2, 0.25) is 0 Å². The first-order valence-electron chi connectivity index (χ1n) is 16.4. The lowest BCUT2D eigenvalue weighted by Gasteiger charge is -2.21. The first kappa shape index (κ1) is 31.4. The summed E-state index contributed by atoms with van der Waals surface area (Å²) in [5, 5.41) is 18.6. The Hall–Kier alpha value is -6.21. The van der Waals surface area contributed by atoms with Gasteiger partial charge < -0.3 is 20.7 Å². The third-order valence-corrected chi connectivity index (χ3v) is 9.00. The number of nitrogens with zero attached hydrogens (tertiary/aromatic N) is 1. The zero-order valence-electron chi connectivity index (χ0n) is 26.8. The third-order valence-electron chi connectivity index (χ3n) is 9.00. The average Bonchev–Trinajstić information content (AvgIpc) is 3.56. The standard InChI is InChI=1S/C42H36N4O3/c47-39-26-33(24-31-17-10-21-43-40(31)39)30-15-9-16-32(23-30)41(48)46-38(25-34-27-45-37-19-8-7-18-36(34)37)42(49)44-22-20-35(28-11-3-1-4-12-28)29-13-5-2-6-14-29/h1-19,21,23-24,26-27,35,38,45,47H,20,22,25H2,(H,44,49)(H,46,48). The highest BCUT2D eigenvalue weighted by Gasteiger charge is 2.24. The second-order valence-electron chi connectivity index (χ2n) is 12.2. The van der Waals surface area contributed by atoms with E-state index in [0.717, 1.165) is 33.0 Å². The number of para-hydroxylation sites is 1. The zero-order chi connectivity index (χ0) is 33.6. The molecule has 5 aromatic carbocycles. The van der Waals surface area contributed by atoms with Gasteiger partial charge >= 0.3 is 0 Å². The number of phenolic OH excluding ortho intramolecular Hbond substituents is 1. The van der Waals surface area contributed by atoms with Gasteiger partial charge in [0.2, 0.25) is 5.91 Å². The number of rotatable bonds is 11. The van der Waals surface area contributed by atoms with Crippen LogP contribution in [0.5, 0.6) is 5.75 Å². The summed E-state index contributed by atoms with van der Waals surface area (Å²) in [7, 11) is 0.